The Labute approximate surface area is 139 Å². The topological polar surface area (TPSA) is 0 Å². The summed E-state index contributed by atoms with van der Waals surface area (Å²) in [6.45, 7) is 0. The Bertz CT molecular complexity index is 604. The Hall–Kier alpha value is -0.280. The van der Waals surface area contributed by atoms with Gasteiger partial charge in [0.2, 0.25) is 0 Å². The fourth-order valence-corrected chi connectivity index (χ4v) is 2.88. The lowest BCUT2D eigenvalue weighted by atomic mass is 10.0. The third-order valence-corrected chi connectivity index (χ3v) is 4.35. The summed E-state index contributed by atoms with van der Waals surface area (Å²) in [5, 5.41) is 2.06. The van der Waals surface area contributed by atoms with Gasteiger partial charge in [-0.1, -0.05) is 73.3 Å². The van der Waals surface area contributed by atoms with Crippen molar-refractivity contribution in [3.8, 4) is 0 Å². The van der Waals surface area contributed by atoms with Crippen LogP contribution in [0.2, 0.25) is 10.0 Å². The maximum absolute atomic E-state index is 6.19. The first-order chi connectivity index (χ1) is 9.10. The van der Waals surface area contributed by atoms with Crippen LogP contribution in [0.4, 0.5) is 0 Å². The van der Waals surface area contributed by atoms with Gasteiger partial charge in [0.15, 0.2) is 0 Å². The second kappa shape index (κ2) is 6.94. The summed E-state index contributed by atoms with van der Waals surface area (Å²) in [5.41, 5.74) is 3.28. The van der Waals surface area contributed by atoms with Crippen molar-refractivity contribution in [2.75, 3.05) is 5.33 Å². The van der Waals surface area contributed by atoms with Gasteiger partial charge in [0.25, 0.3) is 0 Å². The third kappa shape index (κ3) is 4.09. The number of alkyl halides is 1. The summed E-state index contributed by atoms with van der Waals surface area (Å²) in [6, 6.07) is 13.7. The van der Waals surface area contributed by atoms with Gasteiger partial charge in [-0.3, -0.25) is 0 Å². The minimum atomic E-state index is 0.645. The van der Waals surface area contributed by atoms with Crippen molar-refractivity contribution in [2.45, 2.75) is 0 Å². The molecule has 0 unspecified atom stereocenters. The van der Waals surface area contributed by atoms with Crippen LogP contribution in [0.15, 0.2) is 46.9 Å². The van der Waals surface area contributed by atoms with Gasteiger partial charge in [0.1, 0.15) is 0 Å². The molecular formula is C15H10Br2Cl2. The van der Waals surface area contributed by atoms with E-state index >= 15 is 0 Å². The van der Waals surface area contributed by atoms with E-state index in [1.54, 1.807) is 6.07 Å². The highest BCUT2D eigenvalue weighted by Crippen LogP contribution is 2.27. The highest BCUT2D eigenvalue weighted by Gasteiger charge is 2.03. The molecule has 4 heteroatoms. The van der Waals surface area contributed by atoms with Gasteiger partial charge >= 0.3 is 0 Å². The quantitative estimate of drug-likeness (QED) is 0.383. The molecule has 2 aromatic carbocycles. The van der Waals surface area contributed by atoms with E-state index in [0.29, 0.717) is 10.0 Å². The molecule has 0 heterocycles. The molecule has 0 N–H and O–H groups in total. The van der Waals surface area contributed by atoms with Gasteiger partial charge in [0.05, 0.1) is 0 Å². The maximum atomic E-state index is 6.19. The Kier molecular flexibility index (Phi) is 5.52. The molecule has 0 saturated carbocycles. The molecule has 0 spiro atoms. The number of hydrogen-bond acceptors (Lipinski definition) is 0. The average Bonchev–Trinajstić information content (AvgIpc) is 2.39. The van der Waals surface area contributed by atoms with Crippen molar-refractivity contribution in [2.24, 2.45) is 0 Å². The van der Waals surface area contributed by atoms with E-state index in [4.69, 9.17) is 23.2 Å². The molecule has 0 aliphatic rings. The zero-order chi connectivity index (χ0) is 13.8. The first kappa shape index (κ1) is 15.1. The number of hydrogen-bond donors (Lipinski definition) is 0. The van der Waals surface area contributed by atoms with Crippen molar-refractivity contribution < 1.29 is 0 Å². The fraction of sp³-hybridized carbons (Fsp3) is 0.0667. The molecule has 0 atom stereocenters. The van der Waals surface area contributed by atoms with Crippen LogP contribution < -0.4 is 0 Å². The van der Waals surface area contributed by atoms with Crippen molar-refractivity contribution in [3.63, 3.8) is 0 Å². The molecule has 0 aliphatic carbocycles. The molecule has 0 bridgehead atoms. The Morgan fingerprint density at radius 3 is 2.32 bits per heavy atom. The van der Waals surface area contributed by atoms with Crippen molar-refractivity contribution in [3.05, 3.63) is 68.1 Å². The number of halogens is 4. The molecule has 0 aromatic heterocycles. The molecule has 19 heavy (non-hydrogen) atoms. The van der Waals surface area contributed by atoms with Crippen molar-refractivity contribution >= 4 is 66.7 Å². The minimum Gasteiger partial charge on any atom is -0.0876 e. The van der Waals surface area contributed by atoms with Crippen LogP contribution >= 0.6 is 55.1 Å². The summed E-state index contributed by atoms with van der Waals surface area (Å²) in [7, 11) is 0. The summed E-state index contributed by atoms with van der Waals surface area (Å²) >= 11 is 19.0. The number of rotatable bonds is 3. The van der Waals surface area contributed by atoms with Crippen molar-refractivity contribution in [1.29, 1.82) is 0 Å². The van der Waals surface area contributed by atoms with Crippen LogP contribution in [0.5, 0.6) is 0 Å². The van der Waals surface area contributed by atoms with E-state index < -0.39 is 0 Å². The lowest BCUT2D eigenvalue weighted by Crippen LogP contribution is -1.86. The van der Waals surface area contributed by atoms with Crippen LogP contribution in [0.1, 0.15) is 11.1 Å². The van der Waals surface area contributed by atoms with Crippen LogP contribution in [-0.4, -0.2) is 5.33 Å². The Morgan fingerprint density at radius 2 is 1.74 bits per heavy atom. The van der Waals surface area contributed by atoms with Gasteiger partial charge in [-0.15, -0.1) is 0 Å². The van der Waals surface area contributed by atoms with E-state index in [0.717, 1.165) is 26.5 Å². The largest absolute Gasteiger partial charge is 0.0876 e. The fourth-order valence-electron chi connectivity index (χ4n) is 1.67. The second-order valence-corrected chi connectivity index (χ2v) is 6.30. The van der Waals surface area contributed by atoms with Crippen LogP contribution in [0.3, 0.4) is 0 Å². The minimum absolute atomic E-state index is 0.645. The van der Waals surface area contributed by atoms with E-state index in [2.05, 4.69) is 50.1 Å². The number of allylic oxidation sites excluding steroid dienone is 1. The zero-order valence-corrected chi connectivity index (χ0v) is 14.5. The summed E-state index contributed by atoms with van der Waals surface area (Å²) in [5.74, 6) is 0. The monoisotopic (exact) mass is 418 g/mol. The predicted molar refractivity (Wildman–Crippen MR) is 92.3 cm³/mol. The highest BCUT2D eigenvalue weighted by molar-refractivity contribution is 9.10. The highest BCUT2D eigenvalue weighted by atomic mass is 79.9. The standard InChI is InChI=1S/C15H10Br2Cl2/c16-9-12(10-1-4-13(17)5-2-10)7-11-3-6-14(18)8-15(11)19/h1-8H,9H2/b12-7+. The van der Waals surface area contributed by atoms with E-state index in [1.807, 2.05) is 24.3 Å². The first-order valence-corrected chi connectivity index (χ1v) is 8.24. The van der Waals surface area contributed by atoms with Gasteiger partial charge in [-0.2, -0.15) is 0 Å². The van der Waals surface area contributed by atoms with Crippen LogP contribution in [0, 0.1) is 0 Å². The summed E-state index contributed by atoms with van der Waals surface area (Å²) in [4.78, 5) is 0. The molecular weight excluding hydrogens is 411 g/mol. The molecule has 2 aromatic rings. The van der Waals surface area contributed by atoms with Gasteiger partial charge in [0, 0.05) is 19.8 Å². The van der Waals surface area contributed by atoms with Crippen LogP contribution in [0.25, 0.3) is 11.6 Å². The molecule has 0 aliphatic heterocycles. The second-order valence-electron chi connectivity index (χ2n) is 3.98. The Balaban J connectivity index is 2.40. The zero-order valence-electron chi connectivity index (χ0n) is 9.84. The Morgan fingerprint density at radius 1 is 1.05 bits per heavy atom. The molecule has 98 valence electrons. The molecule has 0 fully saturated rings. The van der Waals surface area contributed by atoms with Gasteiger partial charge in [-0.25, -0.2) is 0 Å². The smallest absolute Gasteiger partial charge is 0.0493 e. The third-order valence-electron chi connectivity index (χ3n) is 2.65. The maximum Gasteiger partial charge on any atom is 0.0493 e. The molecule has 0 amide bonds. The van der Waals surface area contributed by atoms with Crippen molar-refractivity contribution in [1.82, 2.24) is 0 Å². The van der Waals surface area contributed by atoms with Crippen LogP contribution in [-0.2, 0) is 0 Å². The molecule has 0 radical (unpaired) electrons. The first-order valence-electron chi connectivity index (χ1n) is 5.57. The lowest BCUT2D eigenvalue weighted by molar-refractivity contribution is 1.56. The van der Waals surface area contributed by atoms with Gasteiger partial charge < -0.3 is 0 Å². The van der Waals surface area contributed by atoms with E-state index in [9.17, 15) is 0 Å². The summed E-state index contributed by atoms with van der Waals surface area (Å²) in [6.07, 6.45) is 2.07. The molecule has 2 rings (SSSR count). The van der Waals surface area contributed by atoms with E-state index in [-0.39, 0.29) is 0 Å². The number of benzene rings is 2. The normalized spacial score (nSPS) is 11.7. The predicted octanol–water partition coefficient (Wildman–Crippen LogP) is 6.69. The summed E-state index contributed by atoms with van der Waals surface area (Å²) < 4.78 is 1.06. The average molecular weight is 421 g/mol. The van der Waals surface area contributed by atoms with Gasteiger partial charge in [-0.05, 0) is 47.0 Å². The molecule has 0 nitrogen and oxygen atoms in total. The molecule has 0 saturated heterocycles. The SMILES string of the molecule is Clc1ccc(/C=C(\CBr)c2ccc(Br)cc2)c(Cl)c1. The lowest BCUT2D eigenvalue weighted by Gasteiger charge is -2.06. The van der Waals surface area contributed by atoms with E-state index in [1.165, 1.54) is 0 Å².